The van der Waals surface area contributed by atoms with E-state index in [1.165, 1.54) is 0 Å². The summed E-state index contributed by atoms with van der Waals surface area (Å²) < 4.78 is 75.8. The first-order valence-electron chi connectivity index (χ1n) is 5.56. The summed E-state index contributed by atoms with van der Waals surface area (Å²) in [7, 11) is 0. The molecule has 0 bridgehead atoms. The van der Waals surface area contributed by atoms with E-state index in [0.29, 0.717) is 24.4 Å². The summed E-state index contributed by atoms with van der Waals surface area (Å²) in [5.74, 6) is 0. The number of hydrogen-bond acceptors (Lipinski definition) is 1. The van der Waals surface area contributed by atoms with Crippen LogP contribution in [-0.2, 0) is 12.4 Å². The third kappa shape index (κ3) is 3.26. The molecular formula is C13H7F6NO. The Bertz CT molecular complexity index is 696. The predicted octanol–water partition coefficient (Wildman–Crippen LogP) is 4.08. The van der Waals surface area contributed by atoms with Gasteiger partial charge in [0.25, 0.3) is 0 Å². The van der Waals surface area contributed by atoms with Crippen molar-refractivity contribution in [2.45, 2.75) is 12.4 Å². The maximum absolute atomic E-state index is 12.8. The molecular weight excluding hydrogens is 300 g/mol. The van der Waals surface area contributed by atoms with E-state index in [-0.39, 0.29) is 5.56 Å². The fourth-order valence-electron chi connectivity index (χ4n) is 1.78. The summed E-state index contributed by atoms with van der Waals surface area (Å²) in [6.07, 6.45) is -8.82. The largest absolute Gasteiger partial charge is 0.418 e. The highest BCUT2D eigenvalue weighted by atomic mass is 19.4. The molecule has 0 atom stereocenters. The molecule has 0 spiro atoms. The number of aromatic nitrogens is 1. The molecule has 0 saturated heterocycles. The maximum Gasteiger partial charge on any atom is 0.418 e. The number of alkyl halides is 6. The molecule has 0 unspecified atom stereocenters. The molecule has 0 amide bonds. The van der Waals surface area contributed by atoms with Gasteiger partial charge in [0, 0.05) is 17.8 Å². The monoisotopic (exact) mass is 307 g/mol. The maximum atomic E-state index is 12.8. The first kappa shape index (κ1) is 15.1. The fraction of sp³-hybridized carbons (Fsp3) is 0.154. The Balaban J connectivity index is 2.57. The van der Waals surface area contributed by atoms with Gasteiger partial charge in [-0.25, -0.2) is 0 Å². The van der Waals surface area contributed by atoms with Gasteiger partial charge in [0.2, 0.25) is 5.56 Å². The van der Waals surface area contributed by atoms with Crippen LogP contribution in [0.5, 0.6) is 0 Å². The van der Waals surface area contributed by atoms with Crippen LogP contribution in [0, 0.1) is 0 Å². The van der Waals surface area contributed by atoms with Crippen LogP contribution in [0.4, 0.5) is 26.3 Å². The van der Waals surface area contributed by atoms with Crippen LogP contribution in [0.15, 0.2) is 41.3 Å². The fourth-order valence-corrected chi connectivity index (χ4v) is 1.78. The highest BCUT2D eigenvalue weighted by molar-refractivity contribution is 5.67. The molecule has 1 heterocycles. The van der Waals surface area contributed by atoms with Gasteiger partial charge < -0.3 is 4.98 Å². The van der Waals surface area contributed by atoms with Crippen LogP contribution < -0.4 is 5.56 Å². The van der Waals surface area contributed by atoms with E-state index in [2.05, 4.69) is 0 Å². The van der Waals surface area contributed by atoms with E-state index in [1.807, 2.05) is 4.98 Å². The normalized spacial score (nSPS) is 12.5. The van der Waals surface area contributed by atoms with Gasteiger partial charge in [0.1, 0.15) is 0 Å². The zero-order valence-electron chi connectivity index (χ0n) is 10.1. The van der Waals surface area contributed by atoms with Gasteiger partial charge in [0.05, 0.1) is 11.1 Å². The molecule has 0 aliphatic rings. The first-order valence-corrected chi connectivity index (χ1v) is 5.56. The van der Waals surface area contributed by atoms with Crippen molar-refractivity contribution in [1.82, 2.24) is 4.98 Å². The molecule has 2 aromatic rings. The van der Waals surface area contributed by atoms with Gasteiger partial charge in [-0.05, 0) is 17.7 Å². The lowest BCUT2D eigenvalue weighted by molar-refractivity contribution is -0.138. The van der Waals surface area contributed by atoms with Gasteiger partial charge in [-0.1, -0.05) is 12.1 Å². The molecule has 112 valence electrons. The second-order valence-corrected chi connectivity index (χ2v) is 4.20. The average Bonchev–Trinajstić information content (AvgIpc) is 2.36. The Labute approximate surface area is 114 Å². The van der Waals surface area contributed by atoms with Gasteiger partial charge in [-0.15, -0.1) is 0 Å². The third-order valence-electron chi connectivity index (χ3n) is 2.75. The molecule has 0 fully saturated rings. The third-order valence-corrected chi connectivity index (χ3v) is 2.75. The molecule has 8 heteroatoms. The molecule has 1 aromatic heterocycles. The zero-order valence-corrected chi connectivity index (χ0v) is 10.1. The topological polar surface area (TPSA) is 32.9 Å². The second-order valence-electron chi connectivity index (χ2n) is 4.20. The van der Waals surface area contributed by atoms with Crippen molar-refractivity contribution >= 4 is 0 Å². The van der Waals surface area contributed by atoms with Gasteiger partial charge in [-0.2, -0.15) is 26.3 Å². The van der Waals surface area contributed by atoms with E-state index in [4.69, 9.17) is 0 Å². The SMILES string of the molecule is O=c1cc(-c2ccc(C(F)(F)F)cc2)c(C(F)(F)F)c[nH]1. The van der Waals surface area contributed by atoms with Crippen LogP contribution in [0.2, 0.25) is 0 Å². The van der Waals surface area contributed by atoms with Gasteiger partial charge in [0.15, 0.2) is 0 Å². The number of aromatic amines is 1. The Morgan fingerprint density at radius 3 is 1.90 bits per heavy atom. The summed E-state index contributed by atoms with van der Waals surface area (Å²) in [6, 6.07) is 3.82. The molecule has 1 N–H and O–H groups in total. The highest BCUT2D eigenvalue weighted by Crippen LogP contribution is 2.37. The van der Waals surface area contributed by atoms with Gasteiger partial charge >= 0.3 is 12.4 Å². The number of hydrogen-bond donors (Lipinski definition) is 1. The van der Waals surface area contributed by atoms with E-state index in [0.717, 1.165) is 12.1 Å². The highest BCUT2D eigenvalue weighted by Gasteiger charge is 2.34. The van der Waals surface area contributed by atoms with Gasteiger partial charge in [-0.3, -0.25) is 4.79 Å². The number of H-pyrrole nitrogens is 1. The summed E-state index contributed by atoms with van der Waals surface area (Å²) in [5, 5.41) is 0. The lowest BCUT2D eigenvalue weighted by atomic mass is 10.00. The quantitative estimate of drug-likeness (QED) is 0.791. The number of nitrogens with one attached hydrogen (secondary N) is 1. The van der Waals surface area contributed by atoms with Crippen LogP contribution in [-0.4, -0.2) is 4.98 Å². The number of pyridine rings is 1. The summed E-state index contributed by atoms with van der Waals surface area (Å²) in [5.41, 5.74) is -3.48. The number of benzene rings is 1. The average molecular weight is 307 g/mol. The molecule has 2 nitrogen and oxygen atoms in total. The van der Waals surface area contributed by atoms with Crippen molar-refractivity contribution in [3.63, 3.8) is 0 Å². The Morgan fingerprint density at radius 1 is 0.857 bits per heavy atom. The molecule has 0 saturated carbocycles. The lowest BCUT2D eigenvalue weighted by Gasteiger charge is -2.13. The van der Waals surface area contributed by atoms with E-state index < -0.39 is 34.6 Å². The Kier molecular flexibility index (Phi) is 3.56. The predicted molar refractivity (Wildman–Crippen MR) is 62.5 cm³/mol. The summed E-state index contributed by atoms with van der Waals surface area (Å²) >= 11 is 0. The summed E-state index contributed by atoms with van der Waals surface area (Å²) in [6.45, 7) is 0. The smallest absolute Gasteiger partial charge is 0.328 e. The lowest BCUT2D eigenvalue weighted by Crippen LogP contribution is -2.13. The van der Waals surface area contributed by atoms with Crippen LogP contribution in [0.1, 0.15) is 11.1 Å². The van der Waals surface area contributed by atoms with E-state index >= 15 is 0 Å². The van der Waals surface area contributed by atoms with Crippen molar-refractivity contribution in [1.29, 1.82) is 0 Å². The van der Waals surface area contributed by atoms with Crippen molar-refractivity contribution in [3.05, 3.63) is 58.0 Å². The Hall–Kier alpha value is -2.25. The van der Waals surface area contributed by atoms with Crippen LogP contribution in [0.25, 0.3) is 11.1 Å². The molecule has 0 aliphatic heterocycles. The van der Waals surface area contributed by atoms with E-state index in [1.54, 1.807) is 0 Å². The minimum atomic E-state index is -4.73. The van der Waals surface area contributed by atoms with Crippen LogP contribution in [0.3, 0.4) is 0 Å². The van der Waals surface area contributed by atoms with Crippen LogP contribution >= 0.6 is 0 Å². The molecule has 21 heavy (non-hydrogen) atoms. The number of rotatable bonds is 1. The zero-order chi connectivity index (χ0) is 15.8. The minimum absolute atomic E-state index is 0.124. The molecule has 1 aromatic carbocycles. The molecule has 2 rings (SSSR count). The van der Waals surface area contributed by atoms with E-state index in [9.17, 15) is 31.1 Å². The van der Waals surface area contributed by atoms with Crippen molar-refractivity contribution in [2.75, 3.05) is 0 Å². The molecule has 0 radical (unpaired) electrons. The minimum Gasteiger partial charge on any atom is -0.328 e. The second kappa shape index (κ2) is 4.94. The molecule has 0 aliphatic carbocycles. The summed E-state index contributed by atoms with van der Waals surface area (Å²) in [4.78, 5) is 13.1. The van der Waals surface area contributed by atoms with Crippen molar-refractivity contribution in [3.8, 4) is 11.1 Å². The standard InChI is InChI=1S/C13H7F6NO/c14-12(15,16)8-3-1-7(2-4-8)9-5-11(21)20-6-10(9)13(17,18)19/h1-6H,(H,20,21). The van der Waals surface area contributed by atoms with Crippen molar-refractivity contribution in [2.24, 2.45) is 0 Å². The first-order chi connectivity index (χ1) is 9.59. The number of halogens is 6. The van der Waals surface area contributed by atoms with Crippen molar-refractivity contribution < 1.29 is 26.3 Å². The Morgan fingerprint density at radius 2 is 1.43 bits per heavy atom.